The summed E-state index contributed by atoms with van der Waals surface area (Å²) in [6, 6.07) is 17.1. The van der Waals surface area contributed by atoms with Gasteiger partial charge in [-0.05, 0) is 31.9 Å². The van der Waals surface area contributed by atoms with Gasteiger partial charge in [-0.1, -0.05) is 65.8 Å². The molecule has 1 saturated carbocycles. The van der Waals surface area contributed by atoms with E-state index < -0.39 is 0 Å². The predicted octanol–water partition coefficient (Wildman–Crippen LogP) is 5.21. The van der Waals surface area contributed by atoms with Crippen LogP contribution in [0, 0.1) is 0 Å². The normalized spacial score (nSPS) is 14.6. The summed E-state index contributed by atoms with van der Waals surface area (Å²) in [5, 5.41) is 9.74. The van der Waals surface area contributed by atoms with Gasteiger partial charge in [0.25, 0.3) is 0 Å². The van der Waals surface area contributed by atoms with Gasteiger partial charge in [0.2, 0.25) is 0 Å². The van der Waals surface area contributed by atoms with Gasteiger partial charge in [0.15, 0.2) is 16.8 Å². The van der Waals surface area contributed by atoms with Crippen molar-refractivity contribution in [3.05, 3.63) is 71.0 Å². The molecule has 1 atom stereocenters. The summed E-state index contributed by atoms with van der Waals surface area (Å²) >= 11 is 7.61. The number of para-hydroxylation sites is 1. The van der Waals surface area contributed by atoms with Crippen LogP contribution in [-0.4, -0.2) is 25.8 Å². The number of carbonyl (C=O) groups excluding carboxylic acids is 1. The molecule has 0 radical (unpaired) electrons. The number of Topliss-reactive ketones (excluding diaryl/α,β-unsaturated/α-hetero) is 1. The summed E-state index contributed by atoms with van der Waals surface area (Å²) in [5.41, 5.74) is 0.710. The largest absolute Gasteiger partial charge is 0.484 e. The zero-order chi connectivity index (χ0) is 19.5. The Morgan fingerprint density at radius 1 is 1.18 bits per heavy atom. The molecule has 0 bridgehead atoms. The number of nitrogens with zero attached hydrogens (tertiary/aromatic N) is 3. The maximum absolute atomic E-state index is 12.7. The number of ketones is 1. The van der Waals surface area contributed by atoms with Crippen LogP contribution in [0.25, 0.3) is 0 Å². The Bertz CT molecular complexity index is 973. The summed E-state index contributed by atoms with van der Waals surface area (Å²) in [5.74, 6) is 1.46. The van der Waals surface area contributed by atoms with Gasteiger partial charge >= 0.3 is 0 Å². The molecule has 144 valence electrons. The molecule has 0 spiro atoms. The Morgan fingerprint density at radius 2 is 1.89 bits per heavy atom. The van der Waals surface area contributed by atoms with Crippen LogP contribution in [-0.2, 0) is 6.61 Å². The highest BCUT2D eigenvalue weighted by Gasteiger charge is 2.31. The van der Waals surface area contributed by atoms with Crippen LogP contribution in [0.5, 0.6) is 5.75 Å². The summed E-state index contributed by atoms with van der Waals surface area (Å²) in [7, 11) is 0. The van der Waals surface area contributed by atoms with Crippen molar-refractivity contribution in [2.24, 2.45) is 0 Å². The quantitative estimate of drug-likeness (QED) is 0.375. The highest BCUT2D eigenvalue weighted by atomic mass is 35.5. The van der Waals surface area contributed by atoms with E-state index >= 15 is 0 Å². The molecular formula is C21H20ClN3O2S. The molecule has 28 heavy (non-hydrogen) atoms. The fraction of sp³-hybridized carbons (Fsp3) is 0.286. The zero-order valence-electron chi connectivity index (χ0n) is 15.4. The third kappa shape index (κ3) is 4.23. The molecule has 0 saturated heterocycles. The van der Waals surface area contributed by atoms with Crippen molar-refractivity contribution in [3.8, 4) is 5.75 Å². The van der Waals surface area contributed by atoms with Gasteiger partial charge in [-0.25, -0.2) is 0 Å². The van der Waals surface area contributed by atoms with Crippen molar-refractivity contribution in [2.75, 3.05) is 0 Å². The van der Waals surface area contributed by atoms with Crippen LogP contribution in [0.1, 0.15) is 42.0 Å². The maximum atomic E-state index is 12.7. The highest BCUT2D eigenvalue weighted by Crippen LogP contribution is 2.40. The van der Waals surface area contributed by atoms with Crippen LogP contribution >= 0.6 is 23.4 Å². The number of thioether (sulfide) groups is 1. The van der Waals surface area contributed by atoms with E-state index in [2.05, 4.69) is 14.8 Å². The van der Waals surface area contributed by atoms with Crippen molar-refractivity contribution in [2.45, 2.75) is 42.8 Å². The van der Waals surface area contributed by atoms with E-state index in [1.54, 1.807) is 6.07 Å². The lowest BCUT2D eigenvalue weighted by atomic mass is 10.1. The Labute approximate surface area is 173 Å². The van der Waals surface area contributed by atoms with Crippen molar-refractivity contribution in [3.63, 3.8) is 0 Å². The number of hydrogen-bond donors (Lipinski definition) is 0. The molecule has 5 nitrogen and oxygen atoms in total. The lowest BCUT2D eigenvalue weighted by molar-refractivity contribution is 0.0994. The molecule has 1 aromatic heterocycles. The smallest absolute Gasteiger partial charge is 0.192 e. The minimum Gasteiger partial charge on any atom is -0.484 e. The molecule has 0 amide bonds. The second-order valence-corrected chi connectivity index (χ2v) is 8.42. The minimum atomic E-state index is -0.249. The molecule has 1 aliphatic carbocycles. The number of carbonyl (C=O) groups is 1. The third-order valence-electron chi connectivity index (χ3n) is 4.55. The first-order valence-corrected chi connectivity index (χ1v) is 10.5. The number of ether oxygens (including phenoxy) is 1. The van der Waals surface area contributed by atoms with E-state index in [0.29, 0.717) is 22.4 Å². The summed E-state index contributed by atoms with van der Waals surface area (Å²) in [4.78, 5) is 12.7. The van der Waals surface area contributed by atoms with Crippen molar-refractivity contribution in [1.29, 1.82) is 0 Å². The first-order chi connectivity index (χ1) is 13.6. The number of rotatable bonds is 8. The van der Waals surface area contributed by atoms with E-state index in [1.807, 2.05) is 55.5 Å². The topological polar surface area (TPSA) is 57.0 Å². The first-order valence-electron chi connectivity index (χ1n) is 9.20. The van der Waals surface area contributed by atoms with Crippen LogP contribution in [0.15, 0.2) is 59.8 Å². The molecule has 1 fully saturated rings. The van der Waals surface area contributed by atoms with Gasteiger partial charge in [0.05, 0.1) is 10.3 Å². The van der Waals surface area contributed by atoms with E-state index in [9.17, 15) is 4.79 Å². The molecular weight excluding hydrogens is 394 g/mol. The summed E-state index contributed by atoms with van der Waals surface area (Å²) in [6.07, 6.45) is 2.18. The van der Waals surface area contributed by atoms with Crippen LogP contribution in [0.2, 0.25) is 5.02 Å². The van der Waals surface area contributed by atoms with Crippen LogP contribution in [0.3, 0.4) is 0 Å². The monoisotopic (exact) mass is 413 g/mol. The van der Waals surface area contributed by atoms with Gasteiger partial charge < -0.3 is 4.74 Å². The average Bonchev–Trinajstić information content (AvgIpc) is 3.48. The van der Waals surface area contributed by atoms with E-state index in [1.165, 1.54) is 11.8 Å². The molecule has 2 aromatic carbocycles. The van der Waals surface area contributed by atoms with Crippen molar-refractivity contribution < 1.29 is 9.53 Å². The Kier molecular flexibility index (Phi) is 5.69. The maximum Gasteiger partial charge on any atom is 0.192 e. The molecule has 3 aromatic rings. The first kappa shape index (κ1) is 19.0. The fourth-order valence-corrected chi connectivity index (χ4v) is 4.14. The third-order valence-corrected chi connectivity index (χ3v) is 5.92. The Hall–Kier alpha value is -2.31. The number of benzene rings is 2. The van der Waals surface area contributed by atoms with Crippen molar-refractivity contribution >= 4 is 29.1 Å². The SMILES string of the molecule is C[C@@H](Sc1nnc(COc2ccccc2Cl)n1C1CC1)C(=O)c1ccccc1. The Balaban J connectivity index is 1.49. The average molecular weight is 414 g/mol. The second-order valence-electron chi connectivity index (χ2n) is 6.71. The second kappa shape index (κ2) is 8.37. The molecule has 0 N–H and O–H groups in total. The van der Waals surface area contributed by atoms with Gasteiger partial charge in [-0.2, -0.15) is 0 Å². The van der Waals surface area contributed by atoms with Gasteiger partial charge in [-0.15, -0.1) is 10.2 Å². The fourth-order valence-electron chi connectivity index (χ4n) is 2.94. The number of aromatic nitrogens is 3. The molecule has 7 heteroatoms. The lowest BCUT2D eigenvalue weighted by Gasteiger charge is -2.13. The summed E-state index contributed by atoms with van der Waals surface area (Å²) in [6.45, 7) is 2.20. The van der Waals surface area contributed by atoms with Crippen LogP contribution in [0.4, 0.5) is 0 Å². The van der Waals surface area contributed by atoms with E-state index in [4.69, 9.17) is 16.3 Å². The number of hydrogen-bond acceptors (Lipinski definition) is 5. The van der Waals surface area contributed by atoms with Gasteiger partial charge in [0.1, 0.15) is 12.4 Å². The standard InChI is InChI=1S/C21H20ClN3O2S/c1-14(20(26)15-7-3-2-4-8-15)28-21-24-23-19(25(21)16-11-12-16)13-27-18-10-6-5-9-17(18)22/h2-10,14,16H,11-13H2,1H3/t14-/m1/s1. The minimum absolute atomic E-state index is 0.0878. The molecule has 0 aliphatic heterocycles. The summed E-state index contributed by atoms with van der Waals surface area (Å²) < 4.78 is 7.95. The highest BCUT2D eigenvalue weighted by molar-refractivity contribution is 8.00. The lowest BCUT2D eigenvalue weighted by Crippen LogP contribution is -2.15. The van der Waals surface area contributed by atoms with Crippen molar-refractivity contribution in [1.82, 2.24) is 14.8 Å². The molecule has 1 heterocycles. The van der Waals surface area contributed by atoms with Gasteiger partial charge in [-0.3, -0.25) is 9.36 Å². The van der Waals surface area contributed by atoms with E-state index in [-0.39, 0.29) is 17.6 Å². The predicted molar refractivity (Wildman–Crippen MR) is 110 cm³/mol. The molecule has 0 unspecified atom stereocenters. The van der Waals surface area contributed by atoms with E-state index in [0.717, 1.165) is 23.8 Å². The molecule has 4 rings (SSSR count). The number of halogens is 1. The molecule has 1 aliphatic rings. The van der Waals surface area contributed by atoms with Gasteiger partial charge in [0, 0.05) is 11.6 Å². The van der Waals surface area contributed by atoms with Crippen LogP contribution < -0.4 is 4.74 Å². The zero-order valence-corrected chi connectivity index (χ0v) is 17.0. The Morgan fingerprint density at radius 3 is 2.61 bits per heavy atom.